The molecule has 1 aliphatic rings. The summed E-state index contributed by atoms with van der Waals surface area (Å²) in [7, 11) is 0. The molecule has 0 heterocycles. The van der Waals surface area contributed by atoms with Gasteiger partial charge in [-0.1, -0.05) is 13.3 Å². The molecule has 0 aromatic carbocycles. The van der Waals surface area contributed by atoms with E-state index < -0.39 is 5.97 Å². The van der Waals surface area contributed by atoms with E-state index in [1.807, 2.05) is 6.92 Å². The molecule has 0 aliphatic heterocycles. The molecule has 0 radical (unpaired) electrons. The number of aliphatic carboxylic acids is 1. The molecule has 104 valence electrons. The molecule has 0 aromatic rings. The minimum absolute atomic E-state index is 0.0413. The molecule has 1 amide bonds. The first kappa shape index (κ1) is 15.3. The summed E-state index contributed by atoms with van der Waals surface area (Å²) in [4.78, 5) is 22.7. The fourth-order valence-electron chi connectivity index (χ4n) is 2.14. The molecular formula is C13H23NO3S. The van der Waals surface area contributed by atoms with E-state index in [0.29, 0.717) is 12.8 Å². The Morgan fingerprint density at radius 3 is 2.72 bits per heavy atom. The summed E-state index contributed by atoms with van der Waals surface area (Å²) < 4.78 is 0. The van der Waals surface area contributed by atoms with E-state index in [1.165, 1.54) is 0 Å². The van der Waals surface area contributed by atoms with Crippen molar-refractivity contribution in [2.24, 2.45) is 5.92 Å². The molecule has 1 aliphatic carbocycles. The van der Waals surface area contributed by atoms with Crippen LogP contribution in [0.4, 0.5) is 0 Å². The quantitative estimate of drug-likeness (QED) is 0.698. The number of unbranched alkanes of at least 4 members (excludes halogenated alkanes) is 1. The Hall–Kier alpha value is -0.710. The molecule has 3 atom stereocenters. The number of thioether (sulfide) groups is 1. The second-order valence-corrected chi connectivity index (χ2v) is 6.37. The topological polar surface area (TPSA) is 66.4 Å². The minimum atomic E-state index is -0.739. The second-order valence-electron chi connectivity index (χ2n) is 4.92. The molecule has 0 aromatic heterocycles. The average Bonchev–Trinajstić information content (AvgIpc) is 2.77. The van der Waals surface area contributed by atoms with Gasteiger partial charge in [0.05, 0.1) is 11.2 Å². The Bertz CT molecular complexity index is 296. The van der Waals surface area contributed by atoms with E-state index in [2.05, 4.69) is 12.2 Å². The van der Waals surface area contributed by atoms with Gasteiger partial charge >= 0.3 is 5.97 Å². The number of amides is 1. The van der Waals surface area contributed by atoms with E-state index in [0.717, 1.165) is 25.0 Å². The normalized spacial score (nSPS) is 24.8. The zero-order valence-electron chi connectivity index (χ0n) is 11.1. The molecule has 0 spiro atoms. The summed E-state index contributed by atoms with van der Waals surface area (Å²) >= 11 is 1.67. The Morgan fingerprint density at radius 1 is 1.44 bits per heavy atom. The number of rotatable bonds is 7. The first-order chi connectivity index (χ1) is 8.54. The number of nitrogens with one attached hydrogen (secondary N) is 1. The van der Waals surface area contributed by atoms with Crippen molar-refractivity contribution < 1.29 is 14.7 Å². The van der Waals surface area contributed by atoms with Crippen LogP contribution in [0.5, 0.6) is 0 Å². The molecular weight excluding hydrogens is 250 g/mol. The lowest BCUT2D eigenvalue weighted by Crippen LogP contribution is -2.38. The molecule has 0 bridgehead atoms. The van der Waals surface area contributed by atoms with Crippen molar-refractivity contribution in [2.45, 2.75) is 57.2 Å². The van der Waals surface area contributed by atoms with Gasteiger partial charge in [-0.2, -0.15) is 0 Å². The number of carbonyl (C=O) groups excluding carboxylic acids is 1. The van der Waals surface area contributed by atoms with Crippen molar-refractivity contribution in [3.63, 3.8) is 0 Å². The third-order valence-electron chi connectivity index (χ3n) is 3.36. The Kier molecular flexibility index (Phi) is 6.54. The molecule has 1 saturated carbocycles. The van der Waals surface area contributed by atoms with E-state index in [9.17, 15) is 9.59 Å². The number of carboxylic acids is 1. The average molecular weight is 273 g/mol. The van der Waals surface area contributed by atoms with Gasteiger partial charge in [-0.05, 0) is 38.4 Å². The standard InChI is InChI=1S/C13H23NO3S/c1-3-4-7-18-9(2)12(15)14-11-6-5-10(8-11)13(16)17/h9-11H,3-8H2,1-2H3,(H,14,15)(H,16,17)/t9?,10-,11+/m1/s1. The van der Waals surface area contributed by atoms with Crippen LogP contribution in [0.15, 0.2) is 0 Å². The molecule has 2 N–H and O–H groups in total. The van der Waals surface area contributed by atoms with E-state index in [1.54, 1.807) is 11.8 Å². The van der Waals surface area contributed by atoms with Gasteiger partial charge in [-0.15, -0.1) is 11.8 Å². The van der Waals surface area contributed by atoms with Gasteiger partial charge in [0.25, 0.3) is 0 Å². The van der Waals surface area contributed by atoms with E-state index in [4.69, 9.17) is 5.11 Å². The number of carboxylic acid groups (broad SMARTS) is 1. The summed E-state index contributed by atoms with van der Waals surface area (Å²) in [5, 5.41) is 11.8. The van der Waals surface area contributed by atoms with Crippen molar-refractivity contribution >= 4 is 23.6 Å². The van der Waals surface area contributed by atoms with E-state index >= 15 is 0 Å². The SMILES string of the molecule is CCCCSC(C)C(=O)N[C@H]1CC[C@@H](C(=O)O)C1. The fourth-order valence-corrected chi connectivity index (χ4v) is 3.16. The predicted molar refractivity (Wildman–Crippen MR) is 73.7 cm³/mol. The Labute approximate surface area is 113 Å². The van der Waals surface area contributed by atoms with Crippen molar-refractivity contribution in [3.05, 3.63) is 0 Å². The summed E-state index contributed by atoms with van der Waals surface area (Å²) in [5.41, 5.74) is 0. The van der Waals surface area contributed by atoms with Gasteiger partial charge in [0, 0.05) is 6.04 Å². The van der Waals surface area contributed by atoms with Gasteiger partial charge in [-0.25, -0.2) is 0 Å². The third kappa shape index (κ3) is 4.88. The van der Waals surface area contributed by atoms with Gasteiger partial charge in [0.15, 0.2) is 0 Å². The monoisotopic (exact) mass is 273 g/mol. The van der Waals surface area contributed by atoms with Gasteiger partial charge in [-0.3, -0.25) is 9.59 Å². The largest absolute Gasteiger partial charge is 0.481 e. The highest BCUT2D eigenvalue weighted by Gasteiger charge is 2.31. The van der Waals surface area contributed by atoms with Crippen LogP contribution in [0, 0.1) is 5.92 Å². The van der Waals surface area contributed by atoms with Crippen LogP contribution in [0.25, 0.3) is 0 Å². The molecule has 1 fully saturated rings. The molecule has 1 unspecified atom stereocenters. The summed E-state index contributed by atoms with van der Waals surface area (Å²) in [5.74, 6) is 0.0376. The maximum atomic E-state index is 11.9. The maximum absolute atomic E-state index is 11.9. The number of hydrogen-bond acceptors (Lipinski definition) is 3. The lowest BCUT2D eigenvalue weighted by Gasteiger charge is -2.16. The summed E-state index contributed by atoms with van der Waals surface area (Å²) in [6, 6.07) is 0.0489. The second kappa shape index (κ2) is 7.67. The summed E-state index contributed by atoms with van der Waals surface area (Å²) in [6.07, 6.45) is 4.32. The van der Waals surface area contributed by atoms with Crippen LogP contribution in [0.2, 0.25) is 0 Å². The highest BCUT2D eigenvalue weighted by Crippen LogP contribution is 2.26. The zero-order chi connectivity index (χ0) is 13.5. The molecule has 0 saturated heterocycles. The van der Waals surface area contributed by atoms with Crippen LogP contribution < -0.4 is 5.32 Å². The van der Waals surface area contributed by atoms with Crippen molar-refractivity contribution in [2.75, 3.05) is 5.75 Å². The van der Waals surface area contributed by atoms with Crippen LogP contribution in [-0.2, 0) is 9.59 Å². The number of hydrogen-bond donors (Lipinski definition) is 2. The highest BCUT2D eigenvalue weighted by molar-refractivity contribution is 8.00. The van der Waals surface area contributed by atoms with Crippen LogP contribution in [-0.4, -0.2) is 34.0 Å². The van der Waals surface area contributed by atoms with Gasteiger partial charge in [0.1, 0.15) is 0 Å². The van der Waals surface area contributed by atoms with E-state index in [-0.39, 0.29) is 23.1 Å². The van der Waals surface area contributed by atoms with Gasteiger partial charge < -0.3 is 10.4 Å². The van der Waals surface area contributed by atoms with Gasteiger partial charge in [0.2, 0.25) is 5.91 Å². The van der Waals surface area contributed by atoms with Crippen LogP contribution in [0.1, 0.15) is 46.0 Å². The highest BCUT2D eigenvalue weighted by atomic mass is 32.2. The number of carbonyl (C=O) groups is 2. The molecule has 1 rings (SSSR count). The van der Waals surface area contributed by atoms with Crippen LogP contribution >= 0.6 is 11.8 Å². The fraction of sp³-hybridized carbons (Fsp3) is 0.846. The predicted octanol–water partition coefficient (Wildman–Crippen LogP) is 2.28. The van der Waals surface area contributed by atoms with Crippen molar-refractivity contribution in [1.82, 2.24) is 5.32 Å². The first-order valence-corrected chi connectivity index (χ1v) is 7.74. The minimum Gasteiger partial charge on any atom is -0.481 e. The molecule has 5 heteroatoms. The first-order valence-electron chi connectivity index (χ1n) is 6.69. The molecule has 4 nitrogen and oxygen atoms in total. The lowest BCUT2D eigenvalue weighted by molar-refractivity contribution is -0.141. The lowest BCUT2D eigenvalue weighted by atomic mass is 10.1. The summed E-state index contributed by atoms with van der Waals surface area (Å²) in [6.45, 7) is 4.05. The van der Waals surface area contributed by atoms with Crippen molar-refractivity contribution in [3.8, 4) is 0 Å². The zero-order valence-corrected chi connectivity index (χ0v) is 12.0. The van der Waals surface area contributed by atoms with Crippen molar-refractivity contribution in [1.29, 1.82) is 0 Å². The maximum Gasteiger partial charge on any atom is 0.306 e. The Balaban J connectivity index is 2.26. The Morgan fingerprint density at radius 2 is 2.17 bits per heavy atom. The molecule has 18 heavy (non-hydrogen) atoms. The van der Waals surface area contributed by atoms with Crippen LogP contribution in [0.3, 0.4) is 0 Å². The smallest absolute Gasteiger partial charge is 0.306 e. The third-order valence-corrected chi connectivity index (χ3v) is 4.60.